The summed E-state index contributed by atoms with van der Waals surface area (Å²) < 4.78 is 26.3. The van der Waals surface area contributed by atoms with E-state index in [0.717, 1.165) is 6.07 Å². The highest BCUT2D eigenvalue weighted by Crippen LogP contribution is 2.34. The van der Waals surface area contributed by atoms with E-state index in [1.54, 1.807) is 6.07 Å². The first-order valence-electron chi connectivity index (χ1n) is 3.75. The predicted octanol–water partition coefficient (Wildman–Crippen LogP) is 3.06. The zero-order chi connectivity index (χ0) is 10.9. The summed E-state index contributed by atoms with van der Waals surface area (Å²) >= 11 is 2.76. The van der Waals surface area contributed by atoms with Crippen LogP contribution in [0.3, 0.4) is 0 Å². The zero-order valence-electron chi connectivity index (χ0n) is 7.18. The molecule has 0 radical (unpaired) electrons. The lowest BCUT2D eigenvalue weighted by atomic mass is 10.0. The van der Waals surface area contributed by atoms with Crippen molar-refractivity contribution in [2.45, 2.75) is 12.8 Å². The highest BCUT2D eigenvalue weighted by atomic mass is 79.9. The Morgan fingerprint density at radius 2 is 2.14 bits per heavy atom. The van der Waals surface area contributed by atoms with Gasteiger partial charge in [-0.2, -0.15) is 5.26 Å². The molecular weight excluding hydrogens is 256 g/mol. The summed E-state index contributed by atoms with van der Waals surface area (Å²) in [5.41, 5.74) is -0.336. The number of aromatic hydroxyl groups is 1. The monoisotopic (exact) mass is 261 g/mol. The first-order valence-corrected chi connectivity index (χ1v) is 4.54. The Morgan fingerprint density at radius 1 is 1.57 bits per heavy atom. The predicted molar refractivity (Wildman–Crippen MR) is 49.8 cm³/mol. The standard InChI is InChI=1S/C9H6BrF2NO/c1-4(3-13)7-5(11)2-6(14)8(10)9(7)12/h2,4,14H,1H3. The van der Waals surface area contributed by atoms with Crippen molar-refractivity contribution >= 4 is 15.9 Å². The van der Waals surface area contributed by atoms with Gasteiger partial charge in [0.25, 0.3) is 0 Å². The number of hydrogen-bond donors (Lipinski definition) is 1. The van der Waals surface area contributed by atoms with E-state index >= 15 is 0 Å². The molecule has 1 unspecified atom stereocenters. The lowest BCUT2D eigenvalue weighted by molar-refractivity contribution is 0.450. The molecule has 5 heteroatoms. The summed E-state index contributed by atoms with van der Waals surface area (Å²) in [7, 11) is 0. The molecule has 0 aliphatic carbocycles. The number of nitriles is 1. The average molecular weight is 262 g/mol. The summed E-state index contributed by atoms with van der Waals surface area (Å²) in [6.07, 6.45) is 0. The van der Waals surface area contributed by atoms with E-state index < -0.39 is 23.3 Å². The number of hydrogen-bond acceptors (Lipinski definition) is 2. The Balaban J connectivity index is 3.45. The van der Waals surface area contributed by atoms with E-state index in [1.165, 1.54) is 6.92 Å². The van der Waals surface area contributed by atoms with Crippen LogP contribution in [-0.2, 0) is 0 Å². The smallest absolute Gasteiger partial charge is 0.148 e. The SMILES string of the molecule is CC(C#N)c1c(F)cc(O)c(Br)c1F. The summed E-state index contributed by atoms with van der Waals surface area (Å²) in [4.78, 5) is 0. The number of rotatable bonds is 1. The molecule has 1 rings (SSSR count). The molecule has 0 amide bonds. The molecule has 1 aromatic carbocycles. The van der Waals surface area contributed by atoms with Gasteiger partial charge in [-0.15, -0.1) is 0 Å². The summed E-state index contributed by atoms with van der Waals surface area (Å²) in [6, 6.07) is 2.50. The summed E-state index contributed by atoms with van der Waals surface area (Å²) in [6.45, 7) is 1.38. The van der Waals surface area contributed by atoms with Gasteiger partial charge in [-0.1, -0.05) is 0 Å². The normalized spacial score (nSPS) is 12.2. The van der Waals surface area contributed by atoms with Crippen LogP contribution in [0.4, 0.5) is 8.78 Å². The molecule has 0 bridgehead atoms. The van der Waals surface area contributed by atoms with Crippen LogP contribution >= 0.6 is 15.9 Å². The molecule has 74 valence electrons. The molecule has 1 atom stereocenters. The maximum Gasteiger partial charge on any atom is 0.148 e. The minimum Gasteiger partial charge on any atom is -0.507 e. The van der Waals surface area contributed by atoms with Gasteiger partial charge in [0.1, 0.15) is 17.4 Å². The number of nitrogens with zero attached hydrogens (tertiary/aromatic N) is 1. The van der Waals surface area contributed by atoms with Gasteiger partial charge < -0.3 is 5.11 Å². The summed E-state index contributed by atoms with van der Waals surface area (Å²) in [5.74, 6) is -3.27. The highest BCUT2D eigenvalue weighted by molar-refractivity contribution is 9.10. The number of benzene rings is 1. The van der Waals surface area contributed by atoms with Crippen molar-refractivity contribution < 1.29 is 13.9 Å². The van der Waals surface area contributed by atoms with E-state index in [0.29, 0.717) is 0 Å². The van der Waals surface area contributed by atoms with Crippen molar-refractivity contribution in [3.8, 4) is 11.8 Å². The topological polar surface area (TPSA) is 44.0 Å². The Kier molecular flexibility index (Phi) is 3.06. The quantitative estimate of drug-likeness (QED) is 0.790. The maximum absolute atomic E-state index is 13.4. The molecule has 0 aliphatic rings. The van der Waals surface area contributed by atoms with E-state index in [-0.39, 0.29) is 10.0 Å². The third-order valence-electron chi connectivity index (χ3n) is 1.80. The van der Waals surface area contributed by atoms with E-state index in [9.17, 15) is 8.78 Å². The van der Waals surface area contributed by atoms with Gasteiger partial charge >= 0.3 is 0 Å². The third kappa shape index (κ3) is 1.70. The van der Waals surface area contributed by atoms with Crippen LogP contribution < -0.4 is 0 Å². The van der Waals surface area contributed by atoms with E-state index in [1.807, 2.05) is 0 Å². The van der Waals surface area contributed by atoms with Crippen LogP contribution in [0.2, 0.25) is 0 Å². The molecule has 0 aliphatic heterocycles. The Bertz CT molecular complexity index is 414. The fourth-order valence-corrected chi connectivity index (χ4v) is 1.39. The van der Waals surface area contributed by atoms with Crippen LogP contribution in [-0.4, -0.2) is 5.11 Å². The molecule has 0 saturated carbocycles. The largest absolute Gasteiger partial charge is 0.507 e. The average Bonchev–Trinajstić information content (AvgIpc) is 2.14. The lowest BCUT2D eigenvalue weighted by Gasteiger charge is -2.08. The molecular formula is C9H6BrF2NO. The Labute approximate surface area is 87.9 Å². The van der Waals surface area contributed by atoms with Gasteiger partial charge in [-0.3, -0.25) is 0 Å². The fourth-order valence-electron chi connectivity index (χ4n) is 1.06. The van der Waals surface area contributed by atoms with Gasteiger partial charge in [0.15, 0.2) is 0 Å². The maximum atomic E-state index is 13.4. The van der Waals surface area contributed by atoms with Gasteiger partial charge in [0.2, 0.25) is 0 Å². The number of halogens is 3. The minimum atomic E-state index is -0.934. The second-order valence-electron chi connectivity index (χ2n) is 2.77. The van der Waals surface area contributed by atoms with Crippen molar-refractivity contribution in [1.82, 2.24) is 0 Å². The zero-order valence-corrected chi connectivity index (χ0v) is 8.77. The van der Waals surface area contributed by atoms with Crippen molar-refractivity contribution in [2.24, 2.45) is 0 Å². The molecule has 0 aromatic heterocycles. The lowest BCUT2D eigenvalue weighted by Crippen LogP contribution is -2.00. The Hall–Kier alpha value is -1.15. The van der Waals surface area contributed by atoms with Crippen LogP contribution in [0, 0.1) is 23.0 Å². The fraction of sp³-hybridized carbons (Fsp3) is 0.222. The van der Waals surface area contributed by atoms with Crippen molar-refractivity contribution in [1.29, 1.82) is 5.26 Å². The van der Waals surface area contributed by atoms with E-state index in [4.69, 9.17) is 10.4 Å². The van der Waals surface area contributed by atoms with Crippen molar-refractivity contribution in [3.63, 3.8) is 0 Å². The summed E-state index contributed by atoms with van der Waals surface area (Å²) in [5, 5.41) is 17.6. The number of phenolic OH excluding ortho intramolecular Hbond substituents is 1. The van der Waals surface area contributed by atoms with Gasteiger partial charge in [0, 0.05) is 11.6 Å². The van der Waals surface area contributed by atoms with Crippen LogP contribution in [0.15, 0.2) is 10.5 Å². The second kappa shape index (κ2) is 3.93. The van der Waals surface area contributed by atoms with Gasteiger partial charge in [-0.25, -0.2) is 8.78 Å². The molecule has 0 saturated heterocycles. The number of phenols is 1. The minimum absolute atomic E-state index is 0.226. The van der Waals surface area contributed by atoms with Gasteiger partial charge in [-0.05, 0) is 22.9 Å². The first kappa shape index (κ1) is 10.9. The molecule has 0 fully saturated rings. The highest BCUT2D eigenvalue weighted by Gasteiger charge is 2.20. The van der Waals surface area contributed by atoms with Gasteiger partial charge in [0.05, 0.1) is 16.5 Å². The van der Waals surface area contributed by atoms with E-state index in [2.05, 4.69) is 15.9 Å². The van der Waals surface area contributed by atoms with Crippen molar-refractivity contribution in [3.05, 3.63) is 27.7 Å². The molecule has 0 heterocycles. The van der Waals surface area contributed by atoms with Crippen LogP contribution in [0.25, 0.3) is 0 Å². The van der Waals surface area contributed by atoms with Crippen LogP contribution in [0.5, 0.6) is 5.75 Å². The second-order valence-corrected chi connectivity index (χ2v) is 3.56. The molecule has 0 spiro atoms. The van der Waals surface area contributed by atoms with Crippen LogP contribution in [0.1, 0.15) is 18.4 Å². The van der Waals surface area contributed by atoms with Crippen molar-refractivity contribution in [2.75, 3.05) is 0 Å². The molecule has 1 N–H and O–H groups in total. The molecule has 2 nitrogen and oxygen atoms in total. The molecule has 1 aromatic rings. The molecule has 14 heavy (non-hydrogen) atoms. The Morgan fingerprint density at radius 3 is 2.64 bits per heavy atom. The third-order valence-corrected chi connectivity index (χ3v) is 2.56. The first-order chi connectivity index (χ1) is 6.49.